The Morgan fingerprint density at radius 3 is 2.33 bits per heavy atom. The van der Waals surface area contributed by atoms with Crippen molar-refractivity contribution in [3.8, 4) is 0 Å². The van der Waals surface area contributed by atoms with Crippen molar-refractivity contribution in [1.29, 1.82) is 0 Å². The predicted molar refractivity (Wildman–Crippen MR) is 75.3 cm³/mol. The number of rotatable bonds is 5. The van der Waals surface area contributed by atoms with Gasteiger partial charge in [-0.25, -0.2) is 0 Å². The lowest BCUT2D eigenvalue weighted by atomic mass is 9.76. The fraction of sp³-hybridized carbons (Fsp3) is 0.533. The van der Waals surface area contributed by atoms with Gasteiger partial charge in [-0.3, -0.25) is 4.79 Å². The average Bonchev–Trinajstić information content (AvgIpc) is 2.36. The summed E-state index contributed by atoms with van der Waals surface area (Å²) in [6, 6.07) is 9.86. The molecule has 0 aromatic heterocycles. The highest BCUT2D eigenvalue weighted by atomic mass is 16.2. The van der Waals surface area contributed by atoms with Crippen LogP contribution in [0.2, 0.25) is 0 Å². The Balaban J connectivity index is 2.90. The SMILES string of the molecule is CCC(NC(=O)[C@@H](C)N)C(C)(C)c1ccccc1. The number of nitrogens with one attached hydrogen (secondary N) is 1. The molecule has 0 heterocycles. The van der Waals surface area contributed by atoms with Gasteiger partial charge in [0, 0.05) is 11.5 Å². The maximum atomic E-state index is 11.8. The van der Waals surface area contributed by atoms with E-state index in [4.69, 9.17) is 5.73 Å². The van der Waals surface area contributed by atoms with Crippen molar-refractivity contribution in [3.63, 3.8) is 0 Å². The fourth-order valence-electron chi connectivity index (χ4n) is 2.16. The molecule has 0 radical (unpaired) electrons. The van der Waals surface area contributed by atoms with Gasteiger partial charge in [0.15, 0.2) is 0 Å². The highest BCUT2D eigenvalue weighted by Gasteiger charge is 2.31. The van der Waals surface area contributed by atoms with E-state index in [1.54, 1.807) is 6.92 Å². The standard InChI is InChI=1S/C15H24N2O/c1-5-13(17-14(18)11(2)16)15(3,4)12-9-7-6-8-10-12/h6-11,13H,5,16H2,1-4H3,(H,17,18)/t11-,13?/m1/s1. The summed E-state index contributed by atoms with van der Waals surface area (Å²) in [4.78, 5) is 11.8. The first-order valence-corrected chi connectivity index (χ1v) is 6.51. The van der Waals surface area contributed by atoms with Crippen molar-refractivity contribution in [3.05, 3.63) is 35.9 Å². The topological polar surface area (TPSA) is 55.1 Å². The van der Waals surface area contributed by atoms with Crippen LogP contribution in [0.3, 0.4) is 0 Å². The summed E-state index contributed by atoms with van der Waals surface area (Å²) in [6.07, 6.45) is 0.875. The number of amides is 1. The van der Waals surface area contributed by atoms with Gasteiger partial charge in [0.25, 0.3) is 0 Å². The average molecular weight is 248 g/mol. The van der Waals surface area contributed by atoms with Crippen LogP contribution < -0.4 is 11.1 Å². The Bertz CT molecular complexity index is 385. The quantitative estimate of drug-likeness (QED) is 0.839. The first kappa shape index (κ1) is 14.7. The second-order valence-corrected chi connectivity index (χ2v) is 5.35. The summed E-state index contributed by atoms with van der Waals surface area (Å²) in [6.45, 7) is 8.09. The normalized spacial score (nSPS) is 14.9. The molecule has 100 valence electrons. The maximum absolute atomic E-state index is 11.8. The number of benzene rings is 1. The molecule has 3 nitrogen and oxygen atoms in total. The third-order valence-corrected chi connectivity index (χ3v) is 3.53. The fourth-order valence-corrected chi connectivity index (χ4v) is 2.16. The van der Waals surface area contributed by atoms with E-state index in [-0.39, 0.29) is 17.4 Å². The van der Waals surface area contributed by atoms with Crippen molar-refractivity contribution in [2.24, 2.45) is 5.73 Å². The third kappa shape index (κ3) is 3.33. The van der Waals surface area contributed by atoms with Crippen molar-refractivity contribution >= 4 is 5.91 Å². The van der Waals surface area contributed by atoms with E-state index in [2.05, 4.69) is 38.2 Å². The van der Waals surface area contributed by atoms with Crippen LogP contribution in [0.25, 0.3) is 0 Å². The van der Waals surface area contributed by atoms with Crippen LogP contribution in [-0.4, -0.2) is 18.0 Å². The number of hydrogen-bond donors (Lipinski definition) is 2. The van der Waals surface area contributed by atoms with E-state index in [0.29, 0.717) is 0 Å². The van der Waals surface area contributed by atoms with Gasteiger partial charge >= 0.3 is 0 Å². The molecule has 0 aliphatic rings. The molecule has 0 aliphatic heterocycles. The Morgan fingerprint density at radius 1 is 1.33 bits per heavy atom. The lowest BCUT2D eigenvalue weighted by Gasteiger charge is -2.35. The van der Waals surface area contributed by atoms with E-state index in [9.17, 15) is 4.79 Å². The number of carbonyl (C=O) groups is 1. The molecule has 0 aliphatic carbocycles. The van der Waals surface area contributed by atoms with E-state index in [1.165, 1.54) is 5.56 Å². The molecule has 0 bridgehead atoms. The van der Waals surface area contributed by atoms with Crippen molar-refractivity contribution < 1.29 is 4.79 Å². The highest BCUT2D eigenvalue weighted by Crippen LogP contribution is 2.28. The van der Waals surface area contributed by atoms with Crippen molar-refractivity contribution in [1.82, 2.24) is 5.32 Å². The Morgan fingerprint density at radius 2 is 1.89 bits per heavy atom. The zero-order chi connectivity index (χ0) is 13.8. The Hall–Kier alpha value is -1.35. The van der Waals surface area contributed by atoms with E-state index >= 15 is 0 Å². The molecule has 2 atom stereocenters. The van der Waals surface area contributed by atoms with Crippen LogP contribution in [-0.2, 0) is 10.2 Å². The van der Waals surface area contributed by atoms with Gasteiger partial charge in [-0.15, -0.1) is 0 Å². The summed E-state index contributed by atoms with van der Waals surface area (Å²) in [5, 5.41) is 3.04. The first-order valence-electron chi connectivity index (χ1n) is 6.51. The Kier molecular flexibility index (Phi) is 4.91. The maximum Gasteiger partial charge on any atom is 0.236 e. The minimum atomic E-state index is -0.467. The molecule has 18 heavy (non-hydrogen) atoms. The van der Waals surface area contributed by atoms with Gasteiger partial charge in [-0.05, 0) is 18.9 Å². The molecule has 3 N–H and O–H groups in total. The van der Waals surface area contributed by atoms with Crippen LogP contribution in [0.4, 0.5) is 0 Å². The van der Waals surface area contributed by atoms with Gasteiger partial charge < -0.3 is 11.1 Å². The monoisotopic (exact) mass is 248 g/mol. The van der Waals surface area contributed by atoms with Gasteiger partial charge in [-0.2, -0.15) is 0 Å². The van der Waals surface area contributed by atoms with Gasteiger partial charge in [0.1, 0.15) is 0 Å². The summed E-state index contributed by atoms with van der Waals surface area (Å²) in [5.74, 6) is -0.0918. The molecule has 1 aromatic rings. The van der Waals surface area contributed by atoms with E-state index in [1.807, 2.05) is 18.2 Å². The molecule has 0 spiro atoms. The van der Waals surface area contributed by atoms with Crippen LogP contribution >= 0.6 is 0 Å². The smallest absolute Gasteiger partial charge is 0.236 e. The number of hydrogen-bond acceptors (Lipinski definition) is 2. The molecular formula is C15H24N2O. The van der Waals surface area contributed by atoms with Gasteiger partial charge in [0.05, 0.1) is 6.04 Å². The minimum absolute atomic E-state index is 0.0819. The van der Waals surface area contributed by atoms with Crippen LogP contribution in [0.15, 0.2) is 30.3 Å². The third-order valence-electron chi connectivity index (χ3n) is 3.53. The lowest BCUT2D eigenvalue weighted by Crippen LogP contribution is -2.51. The zero-order valence-electron chi connectivity index (χ0n) is 11.7. The number of nitrogens with two attached hydrogens (primary N) is 1. The van der Waals surface area contributed by atoms with Crippen LogP contribution in [0.1, 0.15) is 39.7 Å². The number of carbonyl (C=O) groups excluding carboxylic acids is 1. The van der Waals surface area contributed by atoms with E-state index < -0.39 is 6.04 Å². The minimum Gasteiger partial charge on any atom is -0.351 e. The largest absolute Gasteiger partial charge is 0.351 e. The Labute approximate surface area is 110 Å². The molecule has 0 saturated heterocycles. The zero-order valence-corrected chi connectivity index (χ0v) is 11.7. The summed E-state index contributed by atoms with van der Waals surface area (Å²) in [5.41, 5.74) is 6.72. The van der Waals surface area contributed by atoms with Crippen molar-refractivity contribution in [2.75, 3.05) is 0 Å². The molecule has 1 amide bonds. The van der Waals surface area contributed by atoms with Crippen molar-refractivity contribution in [2.45, 2.75) is 51.6 Å². The van der Waals surface area contributed by atoms with Gasteiger partial charge in [0.2, 0.25) is 5.91 Å². The van der Waals surface area contributed by atoms with Gasteiger partial charge in [-0.1, -0.05) is 51.1 Å². The molecule has 0 saturated carbocycles. The van der Waals surface area contributed by atoms with Crippen LogP contribution in [0.5, 0.6) is 0 Å². The second-order valence-electron chi connectivity index (χ2n) is 5.35. The molecule has 1 aromatic carbocycles. The second kappa shape index (κ2) is 6.01. The summed E-state index contributed by atoms with van der Waals surface area (Å²) >= 11 is 0. The summed E-state index contributed by atoms with van der Waals surface area (Å²) < 4.78 is 0. The molecular weight excluding hydrogens is 224 g/mol. The molecule has 0 fully saturated rings. The van der Waals surface area contributed by atoms with E-state index in [0.717, 1.165) is 6.42 Å². The molecule has 1 rings (SSSR count). The van der Waals surface area contributed by atoms with Crippen LogP contribution in [0, 0.1) is 0 Å². The first-order chi connectivity index (χ1) is 8.39. The lowest BCUT2D eigenvalue weighted by molar-refractivity contribution is -0.123. The molecule has 1 unspecified atom stereocenters. The predicted octanol–water partition coefficient (Wildman–Crippen LogP) is 2.21. The highest BCUT2D eigenvalue weighted by molar-refractivity contribution is 5.81. The summed E-state index contributed by atoms with van der Waals surface area (Å²) in [7, 11) is 0. The molecule has 3 heteroatoms.